The molecule has 0 atom stereocenters. The van der Waals surface area contributed by atoms with Crippen LogP contribution in [-0.2, 0) is 0 Å². The van der Waals surface area contributed by atoms with E-state index in [1.807, 2.05) is 152 Å². The molecule has 0 aliphatic rings. The van der Waals surface area contributed by atoms with Crippen LogP contribution in [0.3, 0.4) is 0 Å². The summed E-state index contributed by atoms with van der Waals surface area (Å²) >= 11 is 0. The molecule has 15 rings (SSSR count). The summed E-state index contributed by atoms with van der Waals surface area (Å²) in [6, 6.07) is 99.8. The van der Waals surface area contributed by atoms with Gasteiger partial charge in [-0.05, 0) is 178 Å². The normalized spacial score (nSPS) is 11.1. The summed E-state index contributed by atoms with van der Waals surface area (Å²) in [7, 11) is 0. The predicted octanol–water partition coefficient (Wildman–Crippen LogP) is 18.8. The van der Waals surface area contributed by atoms with E-state index < -0.39 is 0 Å². The first-order chi connectivity index (χ1) is 44.3. The molecule has 3 aromatic heterocycles. The Kier molecular flexibility index (Phi) is 13.2. The van der Waals surface area contributed by atoms with Crippen molar-refractivity contribution in [3.63, 3.8) is 0 Å². The highest BCUT2D eigenvalue weighted by Gasteiger charge is 2.25. The van der Waals surface area contributed by atoms with Gasteiger partial charge in [0.2, 0.25) is 0 Å². The van der Waals surface area contributed by atoms with E-state index in [1.165, 1.54) is 0 Å². The van der Waals surface area contributed by atoms with Crippen LogP contribution in [0, 0.1) is 56.7 Å². The molecular formula is C80H44N10. The molecule has 90 heavy (non-hydrogen) atoms. The fourth-order valence-electron chi connectivity index (χ4n) is 12.4. The summed E-state index contributed by atoms with van der Waals surface area (Å²) in [5.41, 5.74) is 19.0. The van der Waals surface area contributed by atoms with E-state index >= 15 is 0 Å². The molecule has 0 N–H and O–H groups in total. The van der Waals surface area contributed by atoms with Gasteiger partial charge in [-0.25, -0.2) is 15.0 Å². The topological polar surface area (TPSA) is 167 Å². The quantitative estimate of drug-likeness (QED) is 0.130. The van der Waals surface area contributed by atoms with Crippen molar-refractivity contribution in [1.29, 1.82) is 26.3 Å². The second kappa shape index (κ2) is 22.3. The third-order valence-electron chi connectivity index (χ3n) is 16.7. The van der Waals surface area contributed by atoms with Gasteiger partial charge in [-0.15, -0.1) is 0 Å². The maximum Gasteiger partial charge on any atom is 0.164 e. The molecule has 414 valence electrons. The average molecular weight is 1150 g/mol. The number of nitriles is 5. The summed E-state index contributed by atoms with van der Waals surface area (Å²) < 4.78 is 4.55. The summed E-state index contributed by atoms with van der Waals surface area (Å²) in [6.45, 7) is 0. The smallest absolute Gasteiger partial charge is 0.164 e. The van der Waals surface area contributed by atoms with E-state index in [-0.39, 0.29) is 0 Å². The van der Waals surface area contributed by atoms with Gasteiger partial charge < -0.3 is 9.13 Å². The molecular weight excluding hydrogens is 1100 g/mol. The molecule has 0 amide bonds. The van der Waals surface area contributed by atoms with Crippen molar-refractivity contribution in [1.82, 2.24) is 24.1 Å². The zero-order valence-corrected chi connectivity index (χ0v) is 47.9. The van der Waals surface area contributed by atoms with Gasteiger partial charge in [0, 0.05) is 49.4 Å². The number of fused-ring (bicyclic) bond motifs is 6. The van der Waals surface area contributed by atoms with E-state index in [1.54, 1.807) is 24.3 Å². The highest BCUT2D eigenvalue weighted by molar-refractivity contribution is 6.14. The first kappa shape index (κ1) is 53.4. The predicted molar refractivity (Wildman–Crippen MR) is 356 cm³/mol. The second-order valence-corrected chi connectivity index (χ2v) is 22.0. The highest BCUT2D eigenvalue weighted by Crippen LogP contribution is 2.45. The minimum atomic E-state index is 0.443. The van der Waals surface area contributed by atoms with Crippen molar-refractivity contribution in [3.05, 3.63) is 295 Å². The van der Waals surface area contributed by atoms with Crippen LogP contribution < -0.4 is 0 Å². The lowest BCUT2D eigenvalue weighted by Crippen LogP contribution is -2.04. The summed E-state index contributed by atoms with van der Waals surface area (Å²) in [6.07, 6.45) is 0. The Morgan fingerprint density at radius 1 is 0.222 bits per heavy atom. The second-order valence-electron chi connectivity index (χ2n) is 22.0. The molecule has 0 aliphatic carbocycles. The molecule has 0 saturated carbocycles. The number of rotatable bonds is 10. The van der Waals surface area contributed by atoms with Gasteiger partial charge in [0.05, 0.1) is 91.6 Å². The lowest BCUT2D eigenvalue weighted by atomic mass is 9.96. The Bertz CT molecular complexity index is 5400. The Morgan fingerprint density at radius 3 is 0.844 bits per heavy atom. The van der Waals surface area contributed by atoms with Crippen LogP contribution in [0.2, 0.25) is 0 Å². The van der Waals surface area contributed by atoms with Crippen LogP contribution in [0.4, 0.5) is 0 Å². The molecule has 0 spiro atoms. The number of hydrogen-bond acceptors (Lipinski definition) is 8. The zero-order chi connectivity index (χ0) is 60.8. The molecule has 0 saturated heterocycles. The first-order valence-electron chi connectivity index (χ1n) is 29.1. The average Bonchev–Trinajstić information content (AvgIpc) is 1.55. The van der Waals surface area contributed by atoms with Gasteiger partial charge in [0.1, 0.15) is 0 Å². The van der Waals surface area contributed by atoms with Gasteiger partial charge in [-0.3, -0.25) is 0 Å². The van der Waals surface area contributed by atoms with E-state index in [0.29, 0.717) is 50.9 Å². The largest absolute Gasteiger partial charge is 0.309 e. The number of aromatic nitrogens is 5. The van der Waals surface area contributed by atoms with Gasteiger partial charge >= 0.3 is 0 Å². The van der Waals surface area contributed by atoms with E-state index in [9.17, 15) is 26.3 Å². The number of hydrogen-bond donors (Lipinski definition) is 0. The lowest BCUT2D eigenvalue weighted by Gasteiger charge is -2.20. The molecule has 12 aromatic carbocycles. The molecule has 15 aromatic rings. The van der Waals surface area contributed by atoms with Gasteiger partial charge in [0.15, 0.2) is 17.5 Å². The van der Waals surface area contributed by atoms with E-state index in [2.05, 4.69) is 130 Å². The maximum atomic E-state index is 11.0. The minimum Gasteiger partial charge on any atom is -0.309 e. The maximum absolute atomic E-state index is 11.0. The van der Waals surface area contributed by atoms with Crippen molar-refractivity contribution < 1.29 is 0 Å². The summed E-state index contributed by atoms with van der Waals surface area (Å²) in [5.74, 6) is 1.46. The van der Waals surface area contributed by atoms with Gasteiger partial charge in [0.25, 0.3) is 0 Å². The Morgan fingerprint density at radius 2 is 0.500 bits per heavy atom. The fourth-order valence-corrected chi connectivity index (χ4v) is 12.4. The monoisotopic (exact) mass is 1140 g/mol. The third kappa shape index (κ3) is 9.50. The molecule has 0 fully saturated rings. The van der Waals surface area contributed by atoms with Crippen LogP contribution >= 0.6 is 0 Å². The minimum absolute atomic E-state index is 0.443. The Labute approximate surface area is 517 Å². The lowest BCUT2D eigenvalue weighted by molar-refractivity contribution is 1.07. The summed E-state index contributed by atoms with van der Waals surface area (Å²) in [5, 5.41) is 54.8. The van der Waals surface area contributed by atoms with Crippen LogP contribution in [0.15, 0.2) is 267 Å². The van der Waals surface area contributed by atoms with Crippen molar-refractivity contribution >= 4 is 43.6 Å². The van der Waals surface area contributed by atoms with Gasteiger partial charge in [-0.1, -0.05) is 133 Å². The third-order valence-corrected chi connectivity index (χ3v) is 16.7. The van der Waals surface area contributed by atoms with Crippen molar-refractivity contribution in [2.24, 2.45) is 0 Å². The first-order valence-corrected chi connectivity index (χ1v) is 29.1. The van der Waals surface area contributed by atoms with Crippen LogP contribution in [0.1, 0.15) is 27.8 Å². The zero-order valence-electron chi connectivity index (χ0n) is 47.9. The van der Waals surface area contributed by atoms with Crippen molar-refractivity contribution in [2.45, 2.75) is 0 Å². The molecule has 0 bridgehead atoms. The molecule has 3 heterocycles. The fraction of sp³-hybridized carbons (Fsp3) is 0. The standard InChI is InChI=1S/C80H44N10/c81-45-50-11-7-19-57(35-50)61-24-30-73-67(40-61)68-41-62(58-20-8-12-51(36-58)46-82)25-31-74(68)89(73)72-29-23-54(49-85)39-66(72)71-44-65(80-87-78(55-15-3-1-4-16-55)86-79(88-80)56-17-5-2-6-18-56)28-34-77(71)90-75-32-26-63(59-21-9-13-52(37-59)47-83)42-69(75)70-43-64(27-33-76(70)90)60-22-10-14-53(38-60)48-84/h1-44H. The van der Waals surface area contributed by atoms with Crippen LogP contribution in [0.5, 0.6) is 0 Å². The molecule has 0 aliphatic heterocycles. The SMILES string of the molecule is N#Cc1cccc(-c2ccc3c(c2)c2cc(-c4cccc(C#N)c4)ccc2n3-c2ccc(C#N)cc2-c2cc(-c3nc(-c4ccccc4)nc(-c4ccccc4)n3)ccc2-n2c3ccc(-c4cccc(C#N)c4)cc3c3cc(-c4cccc(C#N)c4)ccc32)c1. The molecule has 0 radical (unpaired) electrons. The van der Waals surface area contributed by atoms with E-state index in [4.69, 9.17) is 15.0 Å². The number of nitrogens with zero attached hydrogens (tertiary/aromatic N) is 10. The number of benzene rings is 12. The summed E-state index contributed by atoms with van der Waals surface area (Å²) in [4.78, 5) is 15.5. The molecule has 10 nitrogen and oxygen atoms in total. The molecule has 10 heteroatoms. The Hall–Kier alpha value is -13.3. The van der Waals surface area contributed by atoms with Crippen LogP contribution in [-0.4, -0.2) is 24.1 Å². The van der Waals surface area contributed by atoms with E-state index in [0.717, 1.165) is 122 Å². The van der Waals surface area contributed by atoms with Crippen molar-refractivity contribution in [2.75, 3.05) is 0 Å². The highest BCUT2D eigenvalue weighted by atomic mass is 15.0. The Balaban J connectivity index is 1.04. The van der Waals surface area contributed by atoms with Crippen molar-refractivity contribution in [3.8, 4) is 132 Å². The molecule has 0 unspecified atom stereocenters. The van der Waals surface area contributed by atoms with Crippen LogP contribution in [0.25, 0.3) is 145 Å². The van der Waals surface area contributed by atoms with Gasteiger partial charge in [-0.2, -0.15) is 26.3 Å².